The molecule has 5 rings (SSSR count). The van der Waals surface area contributed by atoms with Crippen molar-refractivity contribution in [1.29, 1.82) is 0 Å². The second-order valence-corrected chi connectivity index (χ2v) is 9.08. The lowest BCUT2D eigenvalue weighted by molar-refractivity contribution is 0.0610. The molecule has 39 heavy (non-hydrogen) atoms. The smallest absolute Gasteiger partial charge is 0.261 e. The summed E-state index contributed by atoms with van der Waals surface area (Å²) >= 11 is 0. The van der Waals surface area contributed by atoms with Gasteiger partial charge in [-0.2, -0.15) is 0 Å². The molecule has 4 aromatic rings. The molecule has 0 unspecified atom stereocenters. The summed E-state index contributed by atoms with van der Waals surface area (Å²) in [5.41, 5.74) is 2.05. The van der Waals surface area contributed by atoms with Crippen molar-refractivity contribution in [2.24, 2.45) is 0 Å². The Kier molecular flexibility index (Phi) is 7.19. The van der Waals surface area contributed by atoms with Gasteiger partial charge in [-0.1, -0.05) is 24.3 Å². The van der Waals surface area contributed by atoms with E-state index in [-0.39, 0.29) is 30.8 Å². The first-order valence-electron chi connectivity index (χ1n) is 12.5. The van der Waals surface area contributed by atoms with Gasteiger partial charge in [0.1, 0.15) is 17.2 Å². The van der Waals surface area contributed by atoms with Gasteiger partial charge in [0.15, 0.2) is 0 Å². The van der Waals surface area contributed by atoms with Crippen molar-refractivity contribution in [2.75, 3.05) is 39.3 Å². The molecule has 0 fully saturated rings. The Hall–Kier alpha value is -4.85. The molecule has 0 saturated carbocycles. The maximum Gasteiger partial charge on any atom is 0.261 e. The van der Waals surface area contributed by atoms with Crippen LogP contribution in [-0.4, -0.2) is 57.0 Å². The van der Waals surface area contributed by atoms with Gasteiger partial charge in [-0.05, 0) is 60.3 Å². The van der Waals surface area contributed by atoms with Crippen LogP contribution in [0.3, 0.4) is 0 Å². The minimum absolute atomic E-state index is 0.157. The quantitative estimate of drug-likeness (QED) is 0.280. The molecule has 0 radical (unpaired) electrons. The zero-order valence-electron chi connectivity index (χ0n) is 22.0. The van der Waals surface area contributed by atoms with E-state index < -0.39 is 0 Å². The van der Waals surface area contributed by atoms with Crippen LogP contribution in [0.15, 0.2) is 78.9 Å². The first kappa shape index (κ1) is 25.8. The Bertz CT molecular complexity index is 1490. The van der Waals surface area contributed by atoms with Crippen LogP contribution in [0.5, 0.6) is 17.2 Å². The first-order chi connectivity index (χ1) is 18.9. The zero-order valence-corrected chi connectivity index (χ0v) is 22.0. The molecule has 4 aromatic carbocycles. The fraction of sp³-hybridized carbons (Fsp3) is 0.194. The Morgan fingerprint density at radius 2 is 1.31 bits per heavy atom. The van der Waals surface area contributed by atoms with E-state index in [0.29, 0.717) is 51.4 Å². The lowest BCUT2D eigenvalue weighted by Crippen LogP contribution is -2.42. The molecule has 0 saturated heterocycles. The molecule has 3 amide bonds. The fourth-order valence-corrected chi connectivity index (χ4v) is 4.87. The van der Waals surface area contributed by atoms with Crippen molar-refractivity contribution >= 4 is 34.2 Å². The molecule has 8 nitrogen and oxygen atoms in total. The number of imide groups is 1. The molecular weight excluding hydrogens is 496 g/mol. The number of benzene rings is 4. The number of nitrogens with zero attached hydrogens (tertiary/aromatic N) is 2. The first-order valence-corrected chi connectivity index (χ1v) is 12.5. The minimum Gasteiger partial charge on any atom is -0.497 e. The van der Waals surface area contributed by atoms with Crippen LogP contribution in [0.2, 0.25) is 0 Å². The maximum absolute atomic E-state index is 13.8. The normalized spacial score (nSPS) is 12.4. The third kappa shape index (κ3) is 4.88. The van der Waals surface area contributed by atoms with E-state index in [1.165, 1.54) is 19.1 Å². The number of carbonyl (C=O) groups is 3. The Labute approximate surface area is 226 Å². The molecule has 0 spiro atoms. The van der Waals surface area contributed by atoms with E-state index in [1.807, 2.05) is 24.3 Å². The van der Waals surface area contributed by atoms with E-state index in [9.17, 15) is 14.4 Å². The van der Waals surface area contributed by atoms with E-state index >= 15 is 0 Å². The van der Waals surface area contributed by atoms with Gasteiger partial charge >= 0.3 is 0 Å². The van der Waals surface area contributed by atoms with Gasteiger partial charge in [0.2, 0.25) is 0 Å². The van der Waals surface area contributed by atoms with E-state index in [1.54, 1.807) is 66.6 Å². The Morgan fingerprint density at radius 1 is 0.744 bits per heavy atom. The predicted octanol–water partition coefficient (Wildman–Crippen LogP) is 5.20. The number of anilines is 1. The van der Waals surface area contributed by atoms with E-state index in [0.717, 1.165) is 5.39 Å². The van der Waals surface area contributed by atoms with Crippen LogP contribution in [0.25, 0.3) is 10.8 Å². The summed E-state index contributed by atoms with van der Waals surface area (Å²) in [4.78, 5) is 43.3. The van der Waals surface area contributed by atoms with Crippen LogP contribution < -0.4 is 19.1 Å². The number of hydrogen-bond donors (Lipinski definition) is 0. The monoisotopic (exact) mass is 524 g/mol. The van der Waals surface area contributed by atoms with Crippen molar-refractivity contribution in [3.05, 3.63) is 95.6 Å². The summed E-state index contributed by atoms with van der Waals surface area (Å²) < 4.78 is 16.0. The molecule has 0 aliphatic carbocycles. The van der Waals surface area contributed by atoms with Crippen LogP contribution in [0.4, 0.5) is 5.69 Å². The lowest BCUT2D eigenvalue weighted by atomic mass is 9.94. The summed E-state index contributed by atoms with van der Waals surface area (Å²) in [6, 6.07) is 23.1. The number of amides is 3. The van der Waals surface area contributed by atoms with Gasteiger partial charge in [-0.25, -0.2) is 0 Å². The average Bonchev–Trinajstić information content (AvgIpc) is 2.98. The summed E-state index contributed by atoms with van der Waals surface area (Å²) in [5, 5.41) is 1.55. The van der Waals surface area contributed by atoms with Crippen LogP contribution in [0, 0.1) is 0 Å². The number of methoxy groups -OCH3 is 3. The largest absolute Gasteiger partial charge is 0.497 e. The van der Waals surface area contributed by atoms with Crippen molar-refractivity contribution in [3.8, 4) is 17.2 Å². The standard InChI is InChI=1S/C31H28N2O6/c1-37-23-13-11-22(12-14-23)32(29(34)21-17-24(38-2)19-25(18-21)39-3)15-6-16-33-30(35)26-9-4-7-20-8-5-10-27(28(20)26)31(33)36/h4-5,7-14,17-19H,6,15-16H2,1-3H3. The molecule has 1 aliphatic rings. The highest BCUT2D eigenvalue weighted by Gasteiger charge is 2.32. The van der Waals surface area contributed by atoms with Crippen molar-refractivity contribution < 1.29 is 28.6 Å². The second-order valence-electron chi connectivity index (χ2n) is 9.08. The highest BCUT2D eigenvalue weighted by molar-refractivity contribution is 6.25. The molecular formula is C31H28N2O6. The van der Waals surface area contributed by atoms with Gasteiger partial charge in [0.05, 0.1) is 21.3 Å². The van der Waals surface area contributed by atoms with Crippen LogP contribution >= 0.6 is 0 Å². The molecule has 0 N–H and O–H groups in total. The number of rotatable bonds is 9. The third-order valence-electron chi connectivity index (χ3n) is 6.85. The zero-order chi connectivity index (χ0) is 27.5. The molecule has 0 bridgehead atoms. The van der Waals surface area contributed by atoms with Crippen LogP contribution in [0.1, 0.15) is 37.5 Å². The maximum atomic E-state index is 13.8. The van der Waals surface area contributed by atoms with E-state index in [4.69, 9.17) is 14.2 Å². The third-order valence-corrected chi connectivity index (χ3v) is 6.85. The molecule has 1 heterocycles. The van der Waals surface area contributed by atoms with Gasteiger partial charge < -0.3 is 19.1 Å². The molecule has 0 atom stereocenters. The molecule has 8 heteroatoms. The van der Waals surface area contributed by atoms with Crippen molar-refractivity contribution in [3.63, 3.8) is 0 Å². The molecule has 0 aromatic heterocycles. The number of ether oxygens (including phenoxy) is 3. The minimum atomic E-state index is -0.329. The Morgan fingerprint density at radius 3 is 1.85 bits per heavy atom. The fourth-order valence-electron chi connectivity index (χ4n) is 4.87. The average molecular weight is 525 g/mol. The number of carbonyl (C=O) groups excluding carboxylic acids is 3. The second kappa shape index (κ2) is 10.9. The number of hydrogen-bond acceptors (Lipinski definition) is 6. The topological polar surface area (TPSA) is 85.4 Å². The SMILES string of the molecule is COc1ccc(N(CCCN2C(=O)c3cccc4cccc(c34)C2=O)C(=O)c2cc(OC)cc(OC)c2)cc1. The highest BCUT2D eigenvalue weighted by atomic mass is 16.5. The summed E-state index contributed by atoms with van der Waals surface area (Å²) in [6.45, 7) is 0.414. The lowest BCUT2D eigenvalue weighted by Gasteiger charge is -2.29. The summed E-state index contributed by atoms with van der Waals surface area (Å²) in [5.74, 6) is 0.707. The van der Waals surface area contributed by atoms with Crippen molar-refractivity contribution in [1.82, 2.24) is 4.90 Å². The summed E-state index contributed by atoms with van der Waals surface area (Å²) in [7, 11) is 4.62. The van der Waals surface area contributed by atoms with Crippen molar-refractivity contribution in [2.45, 2.75) is 6.42 Å². The molecule has 198 valence electrons. The van der Waals surface area contributed by atoms with Gasteiger partial charge in [-0.15, -0.1) is 0 Å². The van der Waals surface area contributed by atoms with E-state index in [2.05, 4.69) is 0 Å². The Balaban J connectivity index is 1.41. The van der Waals surface area contributed by atoms with Gasteiger partial charge in [-0.3, -0.25) is 19.3 Å². The van der Waals surface area contributed by atoms with Gasteiger partial charge in [0, 0.05) is 46.9 Å². The predicted molar refractivity (Wildman–Crippen MR) is 148 cm³/mol. The molecule has 1 aliphatic heterocycles. The van der Waals surface area contributed by atoms with Crippen LogP contribution in [-0.2, 0) is 0 Å². The van der Waals surface area contributed by atoms with Gasteiger partial charge in [0.25, 0.3) is 17.7 Å². The highest BCUT2D eigenvalue weighted by Crippen LogP contribution is 2.31. The summed E-state index contributed by atoms with van der Waals surface area (Å²) in [6.07, 6.45) is 0.370.